The minimum absolute atomic E-state index is 0.194. The molecule has 0 saturated carbocycles. The molecule has 1 saturated heterocycles. The highest BCUT2D eigenvalue weighted by Gasteiger charge is 2.44. The van der Waals surface area contributed by atoms with E-state index in [1.54, 1.807) is 13.8 Å². The summed E-state index contributed by atoms with van der Waals surface area (Å²) in [7, 11) is 0. The summed E-state index contributed by atoms with van der Waals surface area (Å²) in [5, 5.41) is 41.5. The van der Waals surface area contributed by atoms with Gasteiger partial charge < -0.3 is 30.5 Å². The van der Waals surface area contributed by atoms with Gasteiger partial charge >= 0.3 is 5.97 Å². The molecule has 1 fully saturated rings. The number of rotatable bonds is 6. The van der Waals surface area contributed by atoms with E-state index in [2.05, 4.69) is 20.3 Å². The summed E-state index contributed by atoms with van der Waals surface area (Å²) in [6.07, 6.45) is -1.85. The van der Waals surface area contributed by atoms with Crippen molar-refractivity contribution in [1.29, 1.82) is 0 Å². The highest BCUT2D eigenvalue weighted by Crippen LogP contribution is 2.32. The first-order chi connectivity index (χ1) is 12.3. The van der Waals surface area contributed by atoms with E-state index in [1.165, 1.54) is 17.2 Å². The predicted molar refractivity (Wildman–Crippen MR) is 88.2 cm³/mol. The molecule has 3 rings (SSSR count). The van der Waals surface area contributed by atoms with E-state index in [4.69, 9.17) is 4.74 Å². The number of hydrogen-bond acceptors (Lipinski definition) is 9. The van der Waals surface area contributed by atoms with E-state index < -0.39 is 43.2 Å². The summed E-state index contributed by atoms with van der Waals surface area (Å²) >= 11 is 0. The number of carbonyl (C=O) groups is 1. The Morgan fingerprint density at radius 1 is 1.31 bits per heavy atom. The van der Waals surface area contributed by atoms with E-state index in [0.29, 0.717) is 11.2 Å². The van der Waals surface area contributed by atoms with Crippen LogP contribution in [0.4, 0.5) is 5.82 Å². The van der Waals surface area contributed by atoms with Gasteiger partial charge in [-0.05, 0) is 5.92 Å². The van der Waals surface area contributed by atoms with Crippen LogP contribution in [0.2, 0.25) is 0 Å². The van der Waals surface area contributed by atoms with E-state index >= 15 is 0 Å². The Bertz CT molecular complexity index is 796. The number of aliphatic hydroxyl groups is 3. The number of aromatic nitrogens is 4. The molecule has 0 amide bonds. The van der Waals surface area contributed by atoms with Crippen LogP contribution >= 0.6 is 0 Å². The van der Waals surface area contributed by atoms with Crippen molar-refractivity contribution in [3.63, 3.8) is 0 Å². The van der Waals surface area contributed by atoms with E-state index in [0.717, 1.165) is 0 Å². The number of nitrogens with one attached hydrogen (secondary N) is 1. The molecule has 0 aromatic carbocycles. The van der Waals surface area contributed by atoms with E-state index in [-0.39, 0.29) is 11.7 Å². The number of hydrogen-bond donors (Lipinski definition) is 5. The quantitative estimate of drug-likeness (QED) is 0.426. The zero-order chi connectivity index (χ0) is 19.0. The van der Waals surface area contributed by atoms with Crippen LogP contribution in [0.3, 0.4) is 0 Å². The normalized spacial score (nSPS) is 27.2. The molecule has 2 aromatic heterocycles. The van der Waals surface area contributed by atoms with Crippen LogP contribution in [-0.2, 0) is 9.53 Å². The Balaban J connectivity index is 1.96. The lowest BCUT2D eigenvalue weighted by Gasteiger charge is -2.19. The molecule has 11 nitrogen and oxygen atoms in total. The molecule has 0 unspecified atom stereocenters. The Morgan fingerprint density at radius 3 is 2.62 bits per heavy atom. The molecule has 26 heavy (non-hydrogen) atoms. The van der Waals surface area contributed by atoms with Crippen molar-refractivity contribution in [3.05, 3.63) is 12.7 Å². The average Bonchev–Trinajstić information content (AvgIpc) is 3.14. The van der Waals surface area contributed by atoms with Crippen LogP contribution in [0, 0.1) is 5.92 Å². The molecular formula is C15H21N5O6. The topological polar surface area (TPSA) is 163 Å². The molecule has 2 aromatic rings. The lowest BCUT2D eigenvalue weighted by molar-refractivity contribution is -0.138. The van der Waals surface area contributed by atoms with Crippen molar-refractivity contribution in [2.24, 2.45) is 5.92 Å². The molecule has 1 aliphatic heterocycles. The second-order valence-corrected chi connectivity index (χ2v) is 6.48. The first-order valence-electron chi connectivity index (χ1n) is 8.14. The van der Waals surface area contributed by atoms with Crippen LogP contribution in [0.25, 0.3) is 11.2 Å². The van der Waals surface area contributed by atoms with Gasteiger partial charge in [0.1, 0.15) is 30.7 Å². The second-order valence-electron chi connectivity index (χ2n) is 6.48. The van der Waals surface area contributed by atoms with Crippen LogP contribution in [0.1, 0.15) is 20.1 Å². The standard InChI is InChI=1S/C15H21N5O6/c1-6(2)8(15(24)25)19-12-9-13(17-4-16-12)20(5-18-9)14-11(23)10(22)7(3-21)26-14/h4-8,10-11,14,21-23H,3H2,1-2H3,(H,24,25)(H,16,17,19)/t7-,8+,10-,11-,14-/m1/s1. The van der Waals surface area contributed by atoms with Gasteiger partial charge in [0.2, 0.25) is 0 Å². The molecule has 5 N–H and O–H groups in total. The van der Waals surface area contributed by atoms with E-state index in [9.17, 15) is 25.2 Å². The van der Waals surface area contributed by atoms with Gasteiger partial charge in [-0.25, -0.2) is 19.7 Å². The van der Waals surface area contributed by atoms with Gasteiger partial charge in [0, 0.05) is 0 Å². The number of anilines is 1. The molecule has 142 valence electrons. The number of imidazole rings is 1. The third-order valence-electron chi connectivity index (χ3n) is 4.38. The summed E-state index contributed by atoms with van der Waals surface area (Å²) in [4.78, 5) is 23.8. The Morgan fingerprint density at radius 2 is 2.04 bits per heavy atom. The Labute approximate surface area is 148 Å². The number of ether oxygens (including phenoxy) is 1. The first-order valence-corrected chi connectivity index (χ1v) is 8.14. The van der Waals surface area contributed by atoms with Crippen LogP contribution in [-0.4, -0.2) is 76.9 Å². The van der Waals surface area contributed by atoms with Gasteiger partial charge in [-0.1, -0.05) is 13.8 Å². The number of carboxylic acids is 1. The van der Waals surface area contributed by atoms with Gasteiger partial charge in [0.25, 0.3) is 0 Å². The average molecular weight is 367 g/mol. The number of carboxylic acid groups (broad SMARTS) is 1. The van der Waals surface area contributed by atoms with Crippen molar-refractivity contribution >= 4 is 23.0 Å². The van der Waals surface area contributed by atoms with Gasteiger partial charge in [-0.3, -0.25) is 4.57 Å². The minimum atomic E-state index is -1.28. The monoisotopic (exact) mass is 367 g/mol. The Kier molecular flexibility index (Phi) is 5.05. The van der Waals surface area contributed by atoms with Crippen LogP contribution in [0.5, 0.6) is 0 Å². The Hall–Kier alpha value is -2.34. The summed E-state index contributed by atoms with van der Waals surface area (Å²) in [6.45, 7) is 3.08. The molecule has 0 spiro atoms. The maximum absolute atomic E-state index is 11.4. The fourth-order valence-corrected chi connectivity index (χ4v) is 2.91. The van der Waals surface area contributed by atoms with Crippen molar-refractivity contribution in [1.82, 2.24) is 19.5 Å². The molecule has 1 aliphatic rings. The largest absolute Gasteiger partial charge is 0.480 e. The van der Waals surface area contributed by atoms with Gasteiger partial charge in [-0.15, -0.1) is 0 Å². The number of nitrogens with zero attached hydrogens (tertiary/aromatic N) is 4. The third kappa shape index (κ3) is 3.09. The van der Waals surface area contributed by atoms with Crippen molar-refractivity contribution in [2.45, 2.75) is 44.4 Å². The first kappa shape index (κ1) is 18.5. The number of aliphatic carboxylic acids is 1. The number of fused-ring (bicyclic) bond motifs is 1. The zero-order valence-electron chi connectivity index (χ0n) is 14.2. The fraction of sp³-hybridized carbons (Fsp3) is 0.600. The molecular weight excluding hydrogens is 346 g/mol. The minimum Gasteiger partial charge on any atom is -0.480 e. The summed E-state index contributed by atoms with van der Waals surface area (Å²) < 4.78 is 6.90. The fourth-order valence-electron chi connectivity index (χ4n) is 2.91. The summed E-state index contributed by atoms with van der Waals surface area (Å²) in [6, 6.07) is -0.868. The van der Waals surface area contributed by atoms with Crippen molar-refractivity contribution < 1.29 is 30.0 Å². The summed E-state index contributed by atoms with van der Waals surface area (Å²) in [5.41, 5.74) is 0.599. The zero-order valence-corrected chi connectivity index (χ0v) is 14.2. The van der Waals surface area contributed by atoms with E-state index in [1.807, 2.05) is 0 Å². The maximum Gasteiger partial charge on any atom is 0.326 e. The lowest BCUT2D eigenvalue weighted by atomic mass is 10.1. The van der Waals surface area contributed by atoms with Gasteiger partial charge in [0.05, 0.1) is 12.9 Å². The highest BCUT2D eigenvalue weighted by molar-refractivity contribution is 5.86. The molecule has 0 radical (unpaired) electrons. The van der Waals surface area contributed by atoms with Gasteiger partial charge in [-0.2, -0.15) is 0 Å². The molecule has 3 heterocycles. The molecule has 11 heteroatoms. The molecule has 5 atom stereocenters. The van der Waals surface area contributed by atoms with Crippen molar-refractivity contribution in [3.8, 4) is 0 Å². The SMILES string of the molecule is CC(C)[C@H](Nc1ncnc2c1ncn2[C@@H]1O[C@H](CO)[C@@H](O)[C@H]1O)C(=O)O. The third-order valence-corrected chi connectivity index (χ3v) is 4.38. The second kappa shape index (κ2) is 7.11. The maximum atomic E-state index is 11.4. The molecule has 0 aliphatic carbocycles. The van der Waals surface area contributed by atoms with Gasteiger partial charge in [0.15, 0.2) is 23.2 Å². The molecule has 0 bridgehead atoms. The van der Waals surface area contributed by atoms with Crippen LogP contribution in [0.15, 0.2) is 12.7 Å². The number of aliphatic hydroxyl groups excluding tert-OH is 3. The van der Waals surface area contributed by atoms with Crippen molar-refractivity contribution in [2.75, 3.05) is 11.9 Å². The predicted octanol–water partition coefficient (Wildman–Crippen LogP) is -1.04. The smallest absolute Gasteiger partial charge is 0.326 e. The lowest BCUT2D eigenvalue weighted by Crippen LogP contribution is -2.34. The highest BCUT2D eigenvalue weighted by atomic mass is 16.6. The summed E-state index contributed by atoms with van der Waals surface area (Å²) in [5.74, 6) is -0.976. The van der Waals surface area contributed by atoms with Crippen LogP contribution < -0.4 is 5.32 Å².